The van der Waals surface area contributed by atoms with Gasteiger partial charge in [0, 0.05) is 19.0 Å². The van der Waals surface area contributed by atoms with Crippen LogP contribution in [0.5, 0.6) is 11.5 Å². The molecule has 0 aromatic heterocycles. The molecule has 0 bridgehead atoms. The van der Waals surface area contributed by atoms with Gasteiger partial charge >= 0.3 is 0 Å². The zero-order valence-electron chi connectivity index (χ0n) is 17.5. The smallest absolute Gasteiger partial charge is 0.240 e. The molecule has 7 heteroatoms. The van der Waals surface area contributed by atoms with E-state index in [2.05, 4.69) is 24.6 Å². The van der Waals surface area contributed by atoms with Crippen LogP contribution < -0.4 is 14.2 Å². The summed E-state index contributed by atoms with van der Waals surface area (Å²) in [5, 5.41) is 0. The van der Waals surface area contributed by atoms with Gasteiger partial charge in [0.15, 0.2) is 0 Å². The Kier molecular flexibility index (Phi) is 6.82. The van der Waals surface area contributed by atoms with Gasteiger partial charge in [-0.1, -0.05) is 26.0 Å². The van der Waals surface area contributed by atoms with Crippen LogP contribution in [0.3, 0.4) is 0 Å². The molecule has 1 N–H and O–H groups in total. The van der Waals surface area contributed by atoms with Gasteiger partial charge in [-0.3, -0.25) is 0 Å². The van der Waals surface area contributed by atoms with Gasteiger partial charge in [0.25, 0.3) is 0 Å². The molecule has 0 saturated carbocycles. The molecule has 2 aromatic carbocycles. The lowest BCUT2D eigenvalue weighted by atomic mass is 10.0. The van der Waals surface area contributed by atoms with E-state index in [9.17, 15) is 8.42 Å². The average molecular weight is 419 g/mol. The molecule has 1 aliphatic rings. The van der Waals surface area contributed by atoms with E-state index in [0.717, 1.165) is 17.7 Å². The van der Waals surface area contributed by atoms with Gasteiger partial charge in [-0.05, 0) is 61.5 Å². The number of nitrogens with one attached hydrogen (secondary N) is 1. The minimum Gasteiger partial charge on any atom is -0.493 e. The molecule has 158 valence electrons. The first-order valence-corrected chi connectivity index (χ1v) is 11.4. The lowest BCUT2D eigenvalue weighted by Crippen LogP contribution is -2.34. The van der Waals surface area contributed by atoms with E-state index in [0.29, 0.717) is 24.9 Å². The Balaban J connectivity index is 1.68. The van der Waals surface area contributed by atoms with E-state index < -0.39 is 10.0 Å². The van der Waals surface area contributed by atoms with Gasteiger partial charge in [0.1, 0.15) is 11.5 Å². The van der Waals surface area contributed by atoms with E-state index in [1.54, 1.807) is 24.3 Å². The van der Waals surface area contributed by atoms with Crippen molar-refractivity contribution in [1.82, 2.24) is 9.62 Å². The minimum absolute atomic E-state index is 0.0793. The van der Waals surface area contributed by atoms with Gasteiger partial charge < -0.3 is 14.4 Å². The van der Waals surface area contributed by atoms with Crippen molar-refractivity contribution < 1.29 is 17.9 Å². The van der Waals surface area contributed by atoms with Gasteiger partial charge in [0.05, 0.1) is 18.1 Å². The van der Waals surface area contributed by atoms with Crippen molar-refractivity contribution in [1.29, 1.82) is 0 Å². The van der Waals surface area contributed by atoms with Crippen LogP contribution in [0.15, 0.2) is 47.4 Å². The lowest BCUT2D eigenvalue weighted by molar-refractivity contribution is 0.271. The summed E-state index contributed by atoms with van der Waals surface area (Å²) < 4.78 is 39.5. The van der Waals surface area contributed by atoms with Crippen molar-refractivity contribution in [3.63, 3.8) is 0 Å². The zero-order valence-corrected chi connectivity index (χ0v) is 18.3. The minimum atomic E-state index is -3.61. The summed E-state index contributed by atoms with van der Waals surface area (Å²) in [5.41, 5.74) is 2.24. The summed E-state index contributed by atoms with van der Waals surface area (Å²) in [6.07, 6.45) is 0.889. The molecular weight excluding hydrogens is 388 g/mol. The molecule has 0 aliphatic carbocycles. The first-order chi connectivity index (χ1) is 13.8. The van der Waals surface area contributed by atoms with Crippen molar-refractivity contribution in [2.45, 2.75) is 31.2 Å². The van der Waals surface area contributed by atoms with Gasteiger partial charge in [0.2, 0.25) is 10.0 Å². The van der Waals surface area contributed by atoms with E-state index in [-0.39, 0.29) is 17.5 Å². The summed E-state index contributed by atoms with van der Waals surface area (Å²) >= 11 is 0. The first-order valence-electron chi connectivity index (χ1n) is 9.91. The van der Waals surface area contributed by atoms with Crippen LogP contribution in [0.2, 0.25) is 0 Å². The summed E-state index contributed by atoms with van der Waals surface area (Å²) in [7, 11) is 0.283. The van der Waals surface area contributed by atoms with Crippen LogP contribution in [0.1, 0.15) is 31.0 Å². The highest BCUT2D eigenvalue weighted by Crippen LogP contribution is 2.29. The molecule has 0 radical (unpaired) electrons. The Labute approximate surface area is 173 Å². The summed E-state index contributed by atoms with van der Waals surface area (Å²) in [4.78, 5) is 2.25. The highest BCUT2D eigenvalue weighted by molar-refractivity contribution is 7.89. The maximum Gasteiger partial charge on any atom is 0.240 e. The molecule has 6 nitrogen and oxygen atoms in total. The third-order valence-corrected chi connectivity index (χ3v) is 6.35. The number of hydrogen-bond acceptors (Lipinski definition) is 5. The Bertz CT molecular complexity index is 924. The second kappa shape index (κ2) is 9.15. The molecule has 1 aliphatic heterocycles. The second-order valence-electron chi connectivity index (χ2n) is 7.97. The summed E-state index contributed by atoms with van der Waals surface area (Å²) in [6.45, 7) is 5.71. The Hall–Kier alpha value is -2.09. The van der Waals surface area contributed by atoms with Crippen LogP contribution >= 0.6 is 0 Å². The molecule has 1 unspecified atom stereocenters. The van der Waals surface area contributed by atoms with Crippen LogP contribution in [-0.2, 0) is 16.4 Å². The van der Waals surface area contributed by atoms with E-state index >= 15 is 0 Å². The molecule has 3 rings (SSSR count). The lowest BCUT2D eigenvalue weighted by Gasteiger charge is -2.25. The van der Waals surface area contributed by atoms with Gasteiger partial charge in [-0.25, -0.2) is 13.1 Å². The predicted octanol–water partition coefficient (Wildman–Crippen LogP) is 3.24. The molecule has 1 atom stereocenters. The average Bonchev–Trinajstić information content (AvgIpc) is 3.14. The monoisotopic (exact) mass is 418 g/mol. The highest BCUT2D eigenvalue weighted by Gasteiger charge is 2.22. The number of hydrogen-bond donors (Lipinski definition) is 1. The van der Waals surface area contributed by atoms with E-state index in [1.165, 1.54) is 5.56 Å². The molecule has 2 aromatic rings. The number of rotatable bonds is 9. The number of nitrogens with zero attached hydrogens (tertiary/aromatic N) is 1. The zero-order chi connectivity index (χ0) is 21.0. The van der Waals surface area contributed by atoms with E-state index in [1.807, 2.05) is 31.1 Å². The third-order valence-electron chi connectivity index (χ3n) is 4.91. The largest absolute Gasteiger partial charge is 0.493 e. The van der Waals surface area contributed by atoms with Crippen molar-refractivity contribution in [2.24, 2.45) is 5.92 Å². The topological polar surface area (TPSA) is 67.9 Å². The highest BCUT2D eigenvalue weighted by atomic mass is 32.2. The Morgan fingerprint density at radius 1 is 1.14 bits per heavy atom. The summed E-state index contributed by atoms with van der Waals surface area (Å²) in [6, 6.07) is 12.6. The number of benzene rings is 2. The van der Waals surface area contributed by atoms with Crippen molar-refractivity contribution in [2.75, 3.05) is 33.9 Å². The van der Waals surface area contributed by atoms with Crippen LogP contribution in [0.25, 0.3) is 0 Å². The number of likely N-dealkylation sites (N-methyl/N-ethyl adjacent to an activating group) is 1. The van der Waals surface area contributed by atoms with Crippen molar-refractivity contribution in [3.8, 4) is 11.5 Å². The van der Waals surface area contributed by atoms with Crippen LogP contribution in [0, 0.1) is 5.92 Å². The number of fused-ring (bicyclic) bond motifs is 1. The molecular formula is C22H30N2O4S. The van der Waals surface area contributed by atoms with Crippen LogP contribution in [0.4, 0.5) is 0 Å². The third kappa shape index (κ3) is 5.50. The van der Waals surface area contributed by atoms with Crippen molar-refractivity contribution in [3.05, 3.63) is 53.6 Å². The quantitative estimate of drug-likeness (QED) is 0.677. The second-order valence-corrected chi connectivity index (χ2v) is 9.74. The molecule has 0 fully saturated rings. The number of ether oxygens (including phenoxy) is 2. The summed E-state index contributed by atoms with van der Waals surface area (Å²) in [5.74, 6) is 2.00. The molecule has 1 heterocycles. The SMILES string of the molecule is CC(C)COc1ccc(S(=O)(=O)NCC(c2ccc3c(c2)CCO3)N(C)C)cc1. The fourth-order valence-electron chi connectivity index (χ4n) is 3.26. The fraction of sp³-hybridized carbons (Fsp3) is 0.455. The number of sulfonamides is 1. The van der Waals surface area contributed by atoms with Gasteiger partial charge in [-0.15, -0.1) is 0 Å². The molecule has 0 amide bonds. The normalized spacial score (nSPS) is 14.7. The molecule has 0 saturated heterocycles. The van der Waals surface area contributed by atoms with Gasteiger partial charge in [-0.2, -0.15) is 0 Å². The molecule has 29 heavy (non-hydrogen) atoms. The van der Waals surface area contributed by atoms with Crippen LogP contribution in [-0.4, -0.2) is 47.2 Å². The van der Waals surface area contributed by atoms with Crippen molar-refractivity contribution >= 4 is 10.0 Å². The van der Waals surface area contributed by atoms with E-state index in [4.69, 9.17) is 9.47 Å². The fourth-order valence-corrected chi connectivity index (χ4v) is 4.30. The standard InChI is InChI=1S/C22H30N2O4S/c1-16(2)15-28-19-6-8-20(9-7-19)29(25,26)23-14-21(24(3)4)17-5-10-22-18(13-17)11-12-27-22/h5-10,13,16,21,23H,11-12,14-15H2,1-4H3. The Morgan fingerprint density at radius 3 is 2.52 bits per heavy atom. The Morgan fingerprint density at radius 2 is 1.86 bits per heavy atom. The first kappa shape index (κ1) is 21.6. The molecule has 0 spiro atoms. The maximum atomic E-state index is 12.8. The predicted molar refractivity (Wildman–Crippen MR) is 114 cm³/mol. The maximum absolute atomic E-state index is 12.8.